The minimum atomic E-state index is -1.26. The van der Waals surface area contributed by atoms with E-state index in [2.05, 4.69) is 15.0 Å². The summed E-state index contributed by atoms with van der Waals surface area (Å²) in [4.78, 5) is 25.7. The molecule has 12 heteroatoms. The number of benzene rings is 2. The highest BCUT2D eigenvalue weighted by Gasteiger charge is 2.45. The topological polar surface area (TPSA) is 186 Å². The van der Waals surface area contributed by atoms with E-state index in [1.54, 1.807) is 0 Å². The van der Waals surface area contributed by atoms with Gasteiger partial charge in [-0.25, -0.2) is 15.0 Å². The van der Waals surface area contributed by atoms with Gasteiger partial charge < -0.3 is 31.5 Å². The first-order chi connectivity index (χ1) is 18.8. The van der Waals surface area contributed by atoms with Crippen LogP contribution in [0.1, 0.15) is 18.2 Å². The number of carboxylic acids is 1. The van der Waals surface area contributed by atoms with E-state index < -0.39 is 36.6 Å². The maximum atomic E-state index is 11.4. The molecule has 0 amide bonds. The average molecular weight is 534 g/mol. The molecule has 5 atom stereocenters. The highest BCUT2D eigenvalue weighted by atomic mass is 16.6. The fourth-order valence-electron chi connectivity index (χ4n) is 4.90. The van der Waals surface area contributed by atoms with Crippen LogP contribution in [-0.2, 0) is 16.1 Å². The van der Waals surface area contributed by atoms with E-state index in [1.807, 2.05) is 59.5 Å². The Kier molecular flexibility index (Phi) is 7.82. The molecule has 2 aromatic heterocycles. The van der Waals surface area contributed by atoms with Gasteiger partial charge in [-0.2, -0.15) is 0 Å². The predicted molar refractivity (Wildman–Crippen MR) is 143 cm³/mol. The quantitative estimate of drug-likeness (QED) is 0.196. The Morgan fingerprint density at radius 2 is 1.79 bits per heavy atom. The molecule has 1 fully saturated rings. The zero-order chi connectivity index (χ0) is 27.5. The number of aromatic nitrogens is 4. The van der Waals surface area contributed by atoms with Gasteiger partial charge in [-0.05, 0) is 23.1 Å². The van der Waals surface area contributed by atoms with E-state index in [0.29, 0.717) is 24.3 Å². The molecule has 5 rings (SSSR count). The lowest BCUT2D eigenvalue weighted by Gasteiger charge is -2.28. The minimum absolute atomic E-state index is 0.194. The van der Waals surface area contributed by atoms with Crippen LogP contribution in [0.4, 0.5) is 5.82 Å². The van der Waals surface area contributed by atoms with Crippen molar-refractivity contribution in [1.82, 2.24) is 24.4 Å². The van der Waals surface area contributed by atoms with Crippen molar-refractivity contribution in [1.29, 1.82) is 0 Å². The third kappa shape index (κ3) is 5.60. The lowest BCUT2D eigenvalue weighted by atomic mass is 9.99. The molecular formula is C27H31N7O5. The standard InChI is InChI=1S/C27H31N7O5/c28-19(27(37)38)10-11-33(12-17-8-4-5-9-18(17)16-6-2-1-3-7-16)13-20-22(35)23(36)26(39-20)34-15-32-21-24(29)30-14-31-25(21)34/h1-9,14-15,19-20,22-23,26,35-36H,10-13,28H2,(H,37,38)(H2,29,30,31)/t19-,20+,22+,23+,26+/m0/s1. The Morgan fingerprint density at radius 1 is 1.05 bits per heavy atom. The van der Waals surface area contributed by atoms with Gasteiger partial charge >= 0.3 is 5.97 Å². The number of nitrogens with zero attached hydrogens (tertiary/aromatic N) is 5. The summed E-state index contributed by atoms with van der Waals surface area (Å²) in [6, 6.07) is 16.9. The monoisotopic (exact) mass is 533 g/mol. The second kappa shape index (κ2) is 11.4. The Labute approximate surface area is 224 Å². The summed E-state index contributed by atoms with van der Waals surface area (Å²) in [5.41, 5.74) is 15.6. The van der Waals surface area contributed by atoms with Gasteiger partial charge in [0.1, 0.15) is 36.2 Å². The maximum absolute atomic E-state index is 11.4. The average Bonchev–Trinajstić information content (AvgIpc) is 3.49. The molecule has 0 saturated carbocycles. The molecule has 7 N–H and O–H groups in total. The first kappa shape index (κ1) is 26.7. The van der Waals surface area contributed by atoms with Gasteiger partial charge in [-0.3, -0.25) is 14.3 Å². The number of anilines is 1. The highest BCUT2D eigenvalue weighted by molar-refractivity contribution is 5.81. The SMILES string of the molecule is Nc1ncnc2c1ncn2[C@@H]1O[C@H](CN(CC[C@H](N)C(=O)O)Cc2ccccc2-c2ccccc2)[C@@H](O)[C@H]1O. The molecule has 1 aliphatic rings. The molecule has 1 saturated heterocycles. The Balaban J connectivity index is 1.39. The van der Waals surface area contributed by atoms with Gasteiger partial charge in [0.05, 0.1) is 6.33 Å². The number of hydrogen-bond acceptors (Lipinski definition) is 10. The fourth-order valence-corrected chi connectivity index (χ4v) is 4.90. The second-order valence-electron chi connectivity index (χ2n) is 9.62. The molecule has 0 bridgehead atoms. The summed E-state index contributed by atoms with van der Waals surface area (Å²) in [6.07, 6.45) is -1.29. The summed E-state index contributed by atoms with van der Waals surface area (Å²) in [7, 11) is 0. The van der Waals surface area contributed by atoms with E-state index in [1.165, 1.54) is 17.2 Å². The summed E-state index contributed by atoms with van der Waals surface area (Å²) in [6.45, 7) is 0.998. The van der Waals surface area contributed by atoms with Crippen LogP contribution in [0.25, 0.3) is 22.3 Å². The normalized spacial score (nSPS) is 21.9. The first-order valence-electron chi connectivity index (χ1n) is 12.6. The van der Waals surface area contributed by atoms with Crippen LogP contribution in [0.5, 0.6) is 0 Å². The van der Waals surface area contributed by atoms with E-state index in [0.717, 1.165) is 16.7 Å². The van der Waals surface area contributed by atoms with E-state index >= 15 is 0 Å². The molecule has 3 heterocycles. The van der Waals surface area contributed by atoms with Crippen molar-refractivity contribution in [3.63, 3.8) is 0 Å². The van der Waals surface area contributed by atoms with Crippen LogP contribution in [-0.4, -0.2) is 83.2 Å². The number of rotatable bonds is 10. The zero-order valence-electron chi connectivity index (χ0n) is 21.1. The number of nitrogen functional groups attached to an aromatic ring is 1. The number of aliphatic hydroxyl groups is 2. The number of carboxylic acid groups (broad SMARTS) is 1. The molecular weight excluding hydrogens is 502 g/mol. The van der Waals surface area contributed by atoms with Crippen LogP contribution >= 0.6 is 0 Å². The highest BCUT2D eigenvalue weighted by Crippen LogP contribution is 2.33. The van der Waals surface area contributed by atoms with Crippen molar-refractivity contribution in [2.24, 2.45) is 5.73 Å². The number of fused-ring (bicyclic) bond motifs is 1. The Hall–Kier alpha value is -3.94. The van der Waals surface area contributed by atoms with Gasteiger partial charge in [0.25, 0.3) is 0 Å². The van der Waals surface area contributed by atoms with Crippen molar-refractivity contribution < 1.29 is 24.9 Å². The molecule has 4 aromatic rings. The van der Waals surface area contributed by atoms with Crippen molar-refractivity contribution >= 4 is 23.0 Å². The van der Waals surface area contributed by atoms with Crippen LogP contribution < -0.4 is 11.5 Å². The molecule has 204 valence electrons. The Bertz CT molecular complexity index is 1430. The second-order valence-corrected chi connectivity index (χ2v) is 9.62. The number of nitrogens with two attached hydrogens (primary N) is 2. The van der Waals surface area contributed by atoms with Crippen molar-refractivity contribution in [2.45, 2.75) is 43.5 Å². The van der Waals surface area contributed by atoms with Crippen LogP contribution in [0.2, 0.25) is 0 Å². The number of aliphatic hydroxyl groups excluding tert-OH is 2. The number of ether oxygens (including phenoxy) is 1. The molecule has 2 aromatic carbocycles. The van der Waals surface area contributed by atoms with Gasteiger partial charge in [0, 0.05) is 19.6 Å². The van der Waals surface area contributed by atoms with E-state index in [4.69, 9.17) is 16.2 Å². The summed E-state index contributed by atoms with van der Waals surface area (Å²) in [5, 5.41) is 31.2. The molecule has 1 aliphatic heterocycles. The van der Waals surface area contributed by atoms with Crippen molar-refractivity contribution in [3.05, 3.63) is 72.8 Å². The van der Waals surface area contributed by atoms with E-state index in [9.17, 15) is 20.1 Å². The third-order valence-corrected chi connectivity index (χ3v) is 7.01. The maximum Gasteiger partial charge on any atom is 0.320 e. The summed E-state index contributed by atoms with van der Waals surface area (Å²) >= 11 is 0. The number of hydrogen-bond donors (Lipinski definition) is 5. The lowest BCUT2D eigenvalue weighted by molar-refractivity contribution is -0.138. The summed E-state index contributed by atoms with van der Waals surface area (Å²) in [5.74, 6) is -0.887. The van der Waals surface area contributed by atoms with E-state index in [-0.39, 0.29) is 18.8 Å². The third-order valence-electron chi connectivity index (χ3n) is 7.01. The molecule has 0 radical (unpaired) electrons. The summed E-state index contributed by atoms with van der Waals surface area (Å²) < 4.78 is 7.67. The molecule has 0 aliphatic carbocycles. The van der Waals surface area contributed by atoms with Gasteiger partial charge in [-0.1, -0.05) is 54.6 Å². The zero-order valence-corrected chi connectivity index (χ0v) is 21.1. The van der Waals surface area contributed by atoms with Crippen LogP contribution in [0, 0.1) is 0 Å². The number of carbonyl (C=O) groups is 1. The molecule has 0 unspecified atom stereocenters. The number of aliphatic carboxylic acids is 1. The van der Waals surface area contributed by atoms with Gasteiger partial charge in [0.15, 0.2) is 17.7 Å². The van der Waals surface area contributed by atoms with Crippen LogP contribution in [0.3, 0.4) is 0 Å². The van der Waals surface area contributed by atoms with Gasteiger partial charge in [0.2, 0.25) is 0 Å². The minimum Gasteiger partial charge on any atom is -0.480 e. The Morgan fingerprint density at radius 3 is 2.56 bits per heavy atom. The smallest absolute Gasteiger partial charge is 0.320 e. The van der Waals surface area contributed by atoms with Gasteiger partial charge in [-0.15, -0.1) is 0 Å². The predicted octanol–water partition coefficient (Wildman–Crippen LogP) is 0.999. The number of imidazole rings is 1. The lowest BCUT2D eigenvalue weighted by Crippen LogP contribution is -2.42. The molecule has 0 spiro atoms. The molecule has 12 nitrogen and oxygen atoms in total. The van der Waals surface area contributed by atoms with Crippen molar-refractivity contribution in [3.8, 4) is 11.1 Å². The largest absolute Gasteiger partial charge is 0.480 e. The van der Waals surface area contributed by atoms with Crippen molar-refractivity contribution in [2.75, 3.05) is 18.8 Å². The first-order valence-corrected chi connectivity index (χ1v) is 12.6. The molecule has 39 heavy (non-hydrogen) atoms. The fraction of sp³-hybridized carbons (Fsp3) is 0.333. The van der Waals surface area contributed by atoms with Crippen LogP contribution in [0.15, 0.2) is 67.3 Å².